The smallest absolute Gasteiger partial charge is 0.387 e. The minimum absolute atomic E-state index is 0.125. The standard InChI is InChI=1S/C23H23F3N6O2/c1-13(14-3-2-4-16(24)7-14)29-22(33)31-11-23(12-31)5-6-32-19(23)9-17(30-32)15-8-18(34-21(25)26)20(27)28-10-15/h2-4,7-10,13,21H,5-6,11-12H2,1H3,(H2,27,28)(H,29,33). The monoisotopic (exact) mass is 472 g/mol. The minimum atomic E-state index is -3.01. The molecule has 8 nitrogen and oxygen atoms in total. The van der Waals surface area contributed by atoms with E-state index in [-0.39, 0.29) is 34.9 Å². The van der Waals surface area contributed by atoms with Crippen molar-refractivity contribution in [2.24, 2.45) is 0 Å². The van der Waals surface area contributed by atoms with Gasteiger partial charge in [-0.15, -0.1) is 0 Å². The highest BCUT2D eigenvalue weighted by Gasteiger charge is 2.51. The lowest BCUT2D eigenvalue weighted by Crippen LogP contribution is -2.62. The van der Waals surface area contributed by atoms with Crippen LogP contribution >= 0.6 is 0 Å². The second-order valence-electron chi connectivity index (χ2n) is 8.74. The second-order valence-corrected chi connectivity index (χ2v) is 8.74. The summed E-state index contributed by atoms with van der Waals surface area (Å²) >= 11 is 0. The number of alkyl halides is 2. The van der Waals surface area contributed by atoms with Gasteiger partial charge in [-0.1, -0.05) is 12.1 Å². The number of aromatic nitrogens is 3. The Balaban J connectivity index is 1.28. The molecule has 1 unspecified atom stereocenters. The Labute approximate surface area is 193 Å². The van der Waals surface area contributed by atoms with E-state index in [1.807, 2.05) is 17.7 Å². The summed E-state index contributed by atoms with van der Waals surface area (Å²) < 4.78 is 45.1. The van der Waals surface area contributed by atoms with Gasteiger partial charge in [-0.2, -0.15) is 13.9 Å². The third-order valence-electron chi connectivity index (χ3n) is 6.48. The van der Waals surface area contributed by atoms with Crippen molar-refractivity contribution in [2.75, 3.05) is 18.8 Å². The van der Waals surface area contributed by atoms with Crippen molar-refractivity contribution in [3.05, 3.63) is 59.7 Å². The van der Waals surface area contributed by atoms with Gasteiger partial charge in [0.15, 0.2) is 11.6 Å². The fourth-order valence-electron chi connectivity index (χ4n) is 4.67. The summed E-state index contributed by atoms with van der Waals surface area (Å²) in [6.45, 7) is 0.545. The van der Waals surface area contributed by atoms with Gasteiger partial charge in [-0.25, -0.2) is 14.2 Å². The van der Waals surface area contributed by atoms with Crippen LogP contribution in [0.2, 0.25) is 0 Å². The first-order chi connectivity index (χ1) is 16.2. The number of fused-ring (bicyclic) bond motifs is 2. The average Bonchev–Trinajstić information content (AvgIpc) is 3.33. The van der Waals surface area contributed by atoms with Crippen molar-refractivity contribution in [1.82, 2.24) is 25.0 Å². The van der Waals surface area contributed by atoms with Gasteiger partial charge in [0.05, 0.1) is 11.7 Å². The number of ether oxygens (including phenoxy) is 1. The van der Waals surface area contributed by atoms with E-state index in [2.05, 4.69) is 20.1 Å². The molecular weight excluding hydrogens is 449 g/mol. The predicted molar refractivity (Wildman–Crippen MR) is 118 cm³/mol. The predicted octanol–water partition coefficient (Wildman–Crippen LogP) is 3.70. The lowest BCUT2D eigenvalue weighted by atomic mass is 9.76. The molecule has 0 aliphatic carbocycles. The number of benzene rings is 1. The quantitative estimate of drug-likeness (QED) is 0.590. The first-order valence-electron chi connectivity index (χ1n) is 10.8. The molecule has 34 heavy (non-hydrogen) atoms. The maximum atomic E-state index is 13.5. The molecule has 1 spiro atoms. The molecular formula is C23H23F3N6O2. The minimum Gasteiger partial charge on any atom is -0.431 e. The topological polar surface area (TPSA) is 98.3 Å². The highest BCUT2D eigenvalue weighted by molar-refractivity contribution is 5.76. The third-order valence-corrected chi connectivity index (χ3v) is 6.48. The summed E-state index contributed by atoms with van der Waals surface area (Å²) in [5.74, 6) is -0.671. The molecule has 4 heterocycles. The van der Waals surface area contributed by atoms with Crippen LogP contribution < -0.4 is 15.8 Å². The maximum absolute atomic E-state index is 13.5. The molecule has 11 heteroatoms. The Kier molecular flexibility index (Phi) is 5.34. The lowest BCUT2D eigenvalue weighted by molar-refractivity contribution is -0.0494. The number of anilines is 1. The molecule has 1 saturated heterocycles. The summed E-state index contributed by atoms with van der Waals surface area (Å²) in [6, 6.07) is 8.91. The molecule has 1 atom stereocenters. The second kappa shape index (κ2) is 8.23. The summed E-state index contributed by atoms with van der Waals surface area (Å²) in [5, 5.41) is 7.51. The van der Waals surface area contributed by atoms with Crippen molar-refractivity contribution in [3.63, 3.8) is 0 Å². The van der Waals surface area contributed by atoms with E-state index < -0.39 is 6.61 Å². The molecule has 1 fully saturated rings. The van der Waals surface area contributed by atoms with Crippen molar-refractivity contribution in [2.45, 2.75) is 38.0 Å². The number of carbonyl (C=O) groups excluding carboxylic acids is 1. The van der Waals surface area contributed by atoms with Crippen LogP contribution in [-0.4, -0.2) is 45.4 Å². The van der Waals surface area contributed by atoms with E-state index in [1.165, 1.54) is 24.4 Å². The number of hydrogen-bond donors (Lipinski definition) is 2. The molecule has 0 radical (unpaired) electrons. The fourth-order valence-corrected chi connectivity index (χ4v) is 4.67. The molecule has 3 aromatic rings. The zero-order valence-corrected chi connectivity index (χ0v) is 18.3. The number of nitrogens with one attached hydrogen (secondary N) is 1. The van der Waals surface area contributed by atoms with Gasteiger partial charge in [0.1, 0.15) is 5.82 Å². The van der Waals surface area contributed by atoms with Gasteiger partial charge in [-0.3, -0.25) is 4.68 Å². The number of pyridine rings is 1. The Hall–Kier alpha value is -3.76. The number of hydrogen-bond acceptors (Lipinski definition) is 5. The van der Waals surface area contributed by atoms with Gasteiger partial charge < -0.3 is 20.7 Å². The first-order valence-corrected chi connectivity index (χ1v) is 10.8. The summed E-state index contributed by atoms with van der Waals surface area (Å²) in [5.41, 5.74) is 8.18. The van der Waals surface area contributed by atoms with E-state index in [0.29, 0.717) is 36.5 Å². The molecule has 5 rings (SSSR count). The molecule has 2 aliphatic heterocycles. The first kappa shape index (κ1) is 22.1. The van der Waals surface area contributed by atoms with Crippen LogP contribution in [0.15, 0.2) is 42.6 Å². The van der Waals surface area contributed by atoms with Gasteiger partial charge >= 0.3 is 12.6 Å². The molecule has 178 valence electrons. The van der Waals surface area contributed by atoms with Gasteiger partial charge in [0.25, 0.3) is 0 Å². The molecule has 2 amide bonds. The van der Waals surface area contributed by atoms with Crippen LogP contribution in [0.1, 0.15) is 30.6 Å². The number of urea groups is 1. The highest BCUT2D eigenvalue weighted by atomic mass is 19.3. The number of likely N-dealkylation sites (tertiary alicyclic amines) is 1. The number of amides is 2. The van der Waals surface area contributed by atoms with E-state index in [9.17, 15) is 18.0 Å². The van der Waals surface area contributed by atoms with Crippen LogP contribution in [0.3, 0.4) is 0 Å². The van der Waals surface area contributed by atoms with Crippen molar-refractivity contribution in [3.8, 4) is 17.0 Å². The number of nitrogens with zero attached hydrogens (tertiary/aromatic N) is 4. The Morgan fingerprint density at radius 1 is 1.26 bits per heavy atom. The van der Waals surface area contributed by atoms with E-state index in [1.54, 1.807) is 17.0 Å². The van der Waals surface area contributed by atoms with Gasteiger partial charge in [0.2, 0.25) is 0 Å². The fraction of sp³-hybridized carbons (Fsp3) is 0.348. The summed E-state index contributed by atoms with van der Waals surface area (Å²) in [6.07, 6.45) is 2.31. The molecule has 2 aromatic heterocycles. The van der Waals surface area contributed by atoms with Crippen LogP contribution in [0.4, 0.5) is 23.8 Å². The number of aryl methyl sites for hydroxylation is 1. The number of halogens is 3. The number of carbonyl (C=O) groups is 1. The zero-order valence-electron chi connectivity index (χ0n) is 18.3. The molecule has 0 bridgehead atoms. The normalized spacial score (nSPS) is 16.9. The SMILES string of the molecule is CC(NC(=O)N1CC2(CCn3nc(-c4cnc(N)c(OC(F)F)c4)cc32)C1)c1cccc(F)c1. The number of nitrogens with two attached hydrogens (primary N) is 1. The lowest BCUT2D eigenvalue weighted by Gasteiger charge is -2.47. The molecule has 3 N–H and O–H groups in total. The average molecular weight is 472 g/mol. The van der Waals surface area contributed by atoms with Crippen LogP contribution in [0, 0.1) is 5.82 Å². The number of nitrogen functional groups attached to an aromatic ring is 1. The third kappa shape index (κ3) is 3.91. The highest BCUT2D eigenvalue weighted by Crippen LogP contribution is 2.44. The molecule has 2 aliphatic rings. The summed E-state index contributed by atoms with van der Waals surface area (Å²) in [4.78, 5) is 18.4. The van der Waals surface area contributed by atoms with Gasteiger partial charge in [-0.05, 0) is 43.2 Å². The number of rotatable bonds is 5. The van der Waals surface area contributed by atoms with E-state index >= 15 is 0 Å². The van der Waals surface area contributed by atoms with Crippen molar-refractivity contribution < 1.29 is 22.7 Å². The van der Waals surface area contributed by atoms with Crippen molar-refractivity contribution >= 4 is 11.8 Å². The Bertz CT molecular complexity index is 1240. The van der Waals surface area contributed by atoms with Crippen LogP contribution in [0.5, 0.6) is 5.75 Å². The van der Waals surface area contributed by atoms with Crippen LogP contribution in [-0.2, 0) is 12.0 Å². The molecule has 0 saturated carbocycles. The largest absolute Gasteiger partial charge is 0.431 e. The Morgan fingerprint density at radius 2 is 2.06 bits per heavy atom. The Morgan fingerprint density at radius 3 is 2.79 bits per heavy atom. The van der Waals surface area contributed by atoms with Crippen LogP contribution in [0.25, 0.3) is 11.3 Å². The maximum Gasteiger partial charge on any atom is 0.387 e. The van der Waals surface area contributed by atoms with Crippen molar-refractivity contribution in [1.29, 1.82) is 0 Å². The van der Waals surface area contributed by atoms with E-state index in [0.717, 1.165) is 12.1 Å². The van der Waals surface area contributed by atoms with Gasteiger partial charge in [0, 0.05) is 42.5 Å². The molecule has 1 aromatic carbocycles. The zero-order chi connectivity index (χ0) is 24.0. The summed E-state index contributed by atoms with van der Waals surface area (Å²) in [7, 11) is 0. The van der Waals surface area contributed by atoms with E-state index in [4.69, 9.17) is 5.73 Å².